The van der Waals surface area contributed by atoms with Gasteiger partial charge in [0.15, 0.2) is 0 Å². The summed E-state index contributed by atoms with van der Waals surface area (Å²) in [6, 6.07) is 12.4. The fourth-order valence-electron chi connectivity index (χ4n) is 2.86. The largest absolute Gasteiger partial charge is 0.497 e. The summed E-state index contributed by atoms with van der Waals surface area (Å²) in [5, 5.41) is 4.01. The molecule has 0 unspecified atom stereocenters. The van der Waals surface area contributed by atoms with E-state index in [1.807, 2.05) is 13.8 Å². The number of methoxy groups -OCH3 is 2. The van der Waals surface area contributed by atoms with Crippen molar-refractivity contribution in [1.82, 2.24) is 15.0 Å². The molecule has 3 rings (SSSR count). The fourth-order valence-corrected chi connectivity index (χ4v) is 2.86. The Labute approximate surface area is 175 Å². The van der Waals surface area contributed by atoms with Crippen LogP contribution in [0.4, 0.5) is 0 Å². The predicted molar refractivity (Wildman–Crippen MR) is 111 cm³/mol. The lowest BCUT2D eigenvalue weighted by molar-refractivity contribution is 0.0769. The summed E-state index contributed by atoms with van der Waals surface area (Å²) in [7, 11) is 4.82. The normalized spacial score (nSPS) is 10.7. The van der Waals surface area contributed by atoms with Gasteiger partial charge < -0.3 is 23.6 Å². The zero-order valence-electron chi connectivity index (χ0n) is 17.7. The second-order valence-electron chi connectivity index (χ2n) is 6.93. The van der Waals surface area contributed by atoms with Crippen LogP contribution in [0.2, 0.25) is 0 Å². The number of carbonyl (C=O) groups excluding carboxylic acids is 1. The summed E-state index contributed by atoms with van der Waals surface area (Å²) in [5.74, 6) is 2.48. The number of amides is 1. The van der Waals surface area contributed by atoms with E-state index in [0.29, 0.717) is 34.3 Å². The lowest BCUT2D eigenvalue weighted by atomic mass is 10.2. The third-order valence-electron chi connectivity index (χ3n) is 4.31. The molecule has 0 aliphatic rings. The molecule has 1 amide bonds. The molecule has 158 valence electrons. The van der Waals surface area contributed by atoms with Crippen LogP contribution in [-0.4, -0.2) is 48.3 Å². The molecule has 0 atom stereocenters. The number of hydrogen-bond acceptors (Lipinski definition) is 7. The molecule has 0 bridgehead atoms. The molecule has 1 heterocycles. The Kier molecular flexibility index (Phi) is 6.56. The monoisotopic (exact) mass is 411 g/mol. The molecule has 0 N–H and O–H groups in total. The highest BCUT2D eigenvalue weighted by Crippen LogP contribution is 2.31. The Balaban J connectivity index is 1.70. The second-order valence-corrected chi connectivity index (χ2v) is 6.93. The van der Waals surface area contributed by atoms with Crippen molar-refractivity contribution in [3.8, 4) is 28.6 Å². The van der Waals surface area contributed by atoms with Crippen molar-refractivity contribution in [2.24, 2.45) is 0 Å². The van der Waals surface area contributed by atoms with Crippen molar-refractivity contribution in [2.75, 3.05) is 21.3 Å². The van der Waals surface area contributed by atoms with Gasteiger partial charge in [-0.25, -0.2) is 0 Å². The smallest absolute Gasteiger partial charge is 0.254 e. The van der Waals surface area contributed by atoms with E-state index in [2.05, 4.69) is 10.1 Å². The molecule has 30 heavy (non-hydrogen) atoms. The molecule has 0 aliphatic heterocycles. The molecule has 0 saturated heterocycles. The van der Waals surface area contributed by atoms with E-state index in [1.54, 1.807) is 63.7 Å². The molecule has 0 aliphatic carbocycles. The number of carbonyl (C=O) groups is 1. The van der Waals surface area contributed by atoms with Crippen molar-refractivity contribution in [2.45, 2.75) is 26.5 Å². The molecule has 0 saturated carbocycles. The van der Waals surface area contributed by atoms with E-state index in [4.69, 9.17) is 18.7 Å². The van der Waals surface area contributed by atoms with Gasteiger partial charge in [-0.2, -0.15) is 4.98 Å². The van der Waals surface area contributed by atoms with Gasteiger partial charge in [0.2, 0.25) is 11.7 Å². The number of aromatic nitrogens is 2. The van der Waals surface area contributed by atoms with E-state index in [0.717, 1.165) is 5.75 Å². The van der Waals surface area contributed by atoms with Crippen molar-refractivity contribution in [3.05, 3.63) is 53.9 Å². The highest BCUT2D eigenvalue weighted by Gasteiger charge is 2.18. The summed E-state index contributed by atoms with van der Waals surface area (Å²) in [5.41, 5.74) is 1.22. The van der Waals surface area contributed by atoms with Crippen molar-refractivity contribution < 1.29 is 23.5 Å². The molecule has 0 radical (unpaired) electrons. The van der Waals surface area contributed by atoms with Gasteiger partial charge >= 0.3 is 0 Å². The van der Waals surface area contributed by atoms with Crippen molar-refractivity contribution >= 4 is 5.91 Å². The van der Waals surface area contributed by atoms with Crippen LogP contribution in [0.25, 0.3) is 11.4 Å². The first-order valence-electron chi connectivity index (χ1n) is 9.48. The van der Waals surface area contributed by atoms with Crippen LogP contribution < -0.4 is 14.2 Å². The van der Waals surface area contributed by atoms with Crippen LogP contribution in [0.1, 0.15) is 30.1 Å². The summed E-state index contributed by atoms with van der Waals surface area (Å²) in [4.78, 5) is 18.6. The molecular formula is C22H25N3O5. The van der Waals surface area contributed by atoms with Gasteiger partial charge in [-0.1, -0.05) is 5.16 Å². The summed E-state index contributed by atoms with van der Waals surface area (Å²) in [6.45, 7) is 4.08. The average Bonchev–Trinajstić information content (AvgIpc) is 3.21. The van der Waals surface area contributed by atoms with Crippen LogP contribution in [0.3, 0.4) is 0 Å². The Bertz CT molecular complexity index is 998. The number of benzene rings is 2. The molecular weight excluding hydrogens is 386 g/mol. The third kappa shape index (κ3) is 4.89. The summed E-state index contributed by atoms with van der Waals surface area (Å²) < 4.78 is 21.5. The van der Waals surface area contributed by atoms with Crippen LogP contribution in [0.5, 0.6) is 17.2 Å². The Morgan fingerprint density at radius 2 is 1.77 bits per heavy atom. The maximum atomic E-state index is 12.7. The molecule has 8 nitrogen and oxygen atoms in total. The van der Waals surface area contributed by atoms with Crippen molar-refractivity contribution in [3.63, 3.8) is 0 Å². The minimum absolute atomic E-state index is 0.0743. The third-order valence-corrected chi connectivity index (χ3v) is 4.31. The topological polar surface area (TPSA) is 86.9 Å². The number of rotatable bonds is 8. The molecule has 2 aromatic carbocycles. The Hall–Kier alpha value is -3.55. The van der Waals surface area contributed by atoms with E-state index >= 15 is 0 Å². The highest BCUT2D eigenvalue weighted by molar-refractivity contribution is 5.94. The molecule has 1 aromatic heterocycles. The highest BCUT2D eigenvalue weighted by atomic mass is 16.5. The van der Waals surface area contributed by atoms with Gasteiger partial charge in [0.05, 0.1) is 32.4 Å². The van der Waals surface area contributed by atoms with Gasteiger partial charge in [0.25, 0.3) is 5.91 Å². The van der Waals surface area contributed by atoms with Crippen LogP contribution in [-0.2, 0) is 6.54 Å². The van der Waals surface area contributed by atoms with Crippen LogP contribution in [0.15, 0.2) is 47.0 Å². The lowest BCUT2D eigenvalue weighted by Crippen LogP contribution is -2.26. The summed E-state index contributed by atoms with van der Waals surface area (Å²) >= 11 is 0. The van der Waals surface area contributed by atoms with Gasteiger partial charge in [-0.05, 0) is 50.2 Å². The first-order valence-corrected chi connectivity index (χ1v) is 9.48. The predicted octanol–water partition coefficient (Wildman–Crippen LogP) is 3.81. The zero-order valence-corrected chi connectivity index (χ0v) is 17.7. The van der Waals surface area contributed by atoms with E-state index < -0.39 is 0 Å². The minimum Gasteiger partial charge on any atom is -0.497 e. The number of hydrogen-bond donors (Lipinski definition) is 0. The van der Waals surface area contributed by atoms with Crippen LogP contribution >= 0.6 is 0 Å². The fraction of sp³-hybridized carbons (Fsp3) is 0.318. The van der Waals surface area contributed by atoms with Crippen LogP contribution in [0, 0.1) is 0 Å². The quantitative estimate of drug-likeness (QED) is 0.557. The minimum atomic E-state index is -0.159. The molecule has 3 aromatic rings. The SMILES string of the molecule is COc1ccc(-c2noc(CN(C)C(=O)c3ccc(OC(C)C)cc3)n2)c(OC)c1. The van der Waals surface area contributed by atoms with Crippen molar-refractivity contribution in [1.29, 1.82) is 0 Å². The summed E-state index contributed by atoms with van der Waals surface area (Å²) in [6.07, 6.45) is 0.0743. The maximum absolute atomic E-state index is 12.7. The van der Waals surface area contributed by atoms with Gasteiger partial charge in [-0.15, -0.1) is 0 Å². The van der Waals surface area contributed by atoms with E-state index in [1.165, 1.54) is 4.90 Å². The zero-order chi connectivity index (χ0) is 21.7. The second kappa shape index (κ2) is 9.30. The van der Waals surface area contributed by atoms with E-state index in [-0.39, 0.29) is 18.6 Å². The lowest BCUT2D eigenvalue weighted by Gasteiger charge is -2.15. The number of ether oxygens (including phenoxy) is 3. The maximum Gasteiger partial charge on any atom is 0.254 e. The van der Waals surface area contributed by atoms with E-state index in [9.17, 15) is 4.79 Å². The Morgan fingerprint density at radius 3 is 2.40 bits per heavy atom. The van der Waals surface area contributed by atoms with Gasteiger partial charge in [0.1, 0.15) is 17.2 Å². The first kappa shape index (κ1) is 21.2. The standard InChI is InChI=1S/C22H25N3O5/c1-14(2)29-16-8-6-15(7-9-16)22(26)25(3)13-20-23-21(24-30-20)18-11-10-17(27-4)12-19(18)28-5/h6-12,14H,13H2,1-5H3. The number of nitrogens with zero attached hydrogens (tertiary/aromatic N) is 3. The molecule has 0 spiro atoms. The van der Waals surface area contributed by atoms with Gasteiger partial charge in [0, 0.05) is 18.7 Å². The average molecular weight is 411 g/mol. The first-order chi connectivity index (χ1) is 14.4. The molecule has 8 heteroatoms. The van der Waals surface area contributed by atoms with Gasteiger partial charge in [-0.3, -0.25) is 4.79 Å². The Morgan fingerprint density at radius 1 is 1.07 bits per heavy atom. The molecule has 0 fully saturated rings.